The number of methoxy groups -OCH3 is 1. The van der Waals surface area contributed by atoms with Gasteiger partial charge in [0.25, 0.3) is 5.56 Å². The Morgan fingerprint density at radius 1 is 1.11 bits per heavy atom. The summed E-state index contributed by atoms with van der Waals surface area (Å²) in [5, 5.41) is 12.6. The summed E-state index contributed by atoms with van der Waals surface area (Å²) in [5.74, 6) is -0.955. The monoisotopic (exact) mass is 505 g/mol. The van der Waals surface area contributed by atoms with Crippen molar-refractivity contribution in [2.75, 3.05) is 7.11 Å². The predicted octanol–water partition coefficient (Wildman–Crippen LogP) is 4.76. The summed E-state index contributed by atoms with van der Waals surface area (Å²) in [7, 11) is 1.53. The van der Waals surface area contributed by atoms with Gasteiger partial charge in [-0.25, -0.2) is 4.98 Å². The maximum Gasteiger partial charge on any atom is 0.305 e. The summed E-state index contributed by atoms with van der Waals surface area (Å²) in [6, 6.07) is 9.38. The van der Waals surface area contributed by atoms with Crippen molar-refractivity contribution in [3.63, 3.8) is 0 Å². The second-order valence-electron chi connectivity index (χ2n) is 9.85. The van der Waals surface area contributed by atoms with Gasteiger partial charge in [0, 0.05) is 24.0 Å². The van der Waals surface area contributed by atoms with E-state index in [2.05, 4.69) is 10.3 Å². The highest BCUT2D eigenvalue weighted by Crippen LogP contribution is 2.35. The highest BCUT2D eigenvalue weighted by atomic mass is 16.5. The van der Waals surface area contributed by atoms with Crippen molar-refractivity contribution in [3.8, 4) is 17.0 Å². The van der Waals surface area contributed by atoms with E-state index in [4.69, 9.17) is 4.74 Å². The largest absolute Gasteiger partial charge is 0.481 e. The number of nitrogens with zero attached hydrogens (tertiary/aromatic N) is 2. The minimum atomic E-state index is -1.07. The molecule has 2 aromatic heterocycles. The van der Waals surface area contributed by atoms with Gasteiger partial charge in [-0.05, 0) is 73.1 Å². The number of aliphatic carboxylic acids is 1. The van der Waals surface area contributed by atoms with Crippen LogP contribution in [0.25, 0.3) is 11.1 Å². The molecule has 3 aromatic rings. The number of pyridine rings is 2. The minimum absolute atomic E-state index is 0.125. The van der Waals surface area contributed by atoms with Crippen molar-refractivity contribution >= 4 is 11.9 Å². The van der Waals surface area contributed by atoms with Crippen molar-refractivity contribution in [1.82, 2.24) is 14.9 Å². The third-order valence-corrected chi connectivity index (χ3v) is 6.35. The van der Waals surface area contributed by atoms with E-state index in [0.29, 0.717) is 23.4 Å². The molecule has 37 heavy (non-hydrogen) atoms. The first-order valence-corrected chi connectivity index (χ1v) is 12.3. The van der Waals surface area contributed by atoms with E-state index in [0.717, 1.165) is 22.3 Å². The topological polar surface area (TPSA) is 111 Å². The third kappa shape index (κ3) is 6.64. The van der Waals surface area contributed by atoms with Gasteiger partial charge in [-0.2, -0.15) is 0 Å². The molecule has 0 fully saturated rings. The maximum atomic E-state index is 13.6. The van der Waals surface area contributed by atoms with Gasteiger partial charge in [0.05, 0.1) is 19.6 Å². The van der Waals surface area contributed by atoms with E-state index in [9.17, 15) is 19.5 Å². The fraction of sp³-hybridized carbons (Fsp3) is 0.379. The Balaban J connectivity index is 2.05. The van der Waals surface area contributed by atoms with Crippen LogP contribution in [0.15, 0.2) is 53.6 Å². The Morgan fingerprint density at radius 2 is 1.78 bits per heavy atom. The normalized spacial score (nSPS) is 12.7. The van der Waals surface area contributed by atoms with Crippen LogP contribution in [0.2, 0.25) is 0 Å². The smallest absolute Gasteiger partial charge is 0.305 e. The van der Waals surface area contributed by atoms with Crippen molar-refractivity contribution in [3.05, 3.63) is 81.4 Å². The molecule has 2 atom stereocenters. The van der Waals surface area contributed by atoms with Crippen LogP contribution in [0.5, 0.6) is 5.88 Å². The molecule has 3 rings (SSSR count). The van der Waals surface area contributed by atoms with Gasteiger partial charge in [0.2, 0.25) is 11.8 Å². The summed E-state index contributed by atoms with van der Waals surface area (Å²) in [6.07, 6.45) is 3.22. The summed E-state index contributed by atoms with van der Waals surface area (Å²) in [5.41, 5.74) is 4.76. The second-order valence-corrected chi connectivity index (χ2v) is 9.85. The summed E-state index contributed by atoms with van der Waals surface area (Å²) < 4.78 is 6.93. The molecule has 1 unspecified atom stereocenters. The number of carboxylic acid groups (broad SMARTS) is 1. The van der Waals surface area contributed by atoms with Crippen LogP contribution >= 0.6 is 0 Å². The number of carboxylic acids is 1. The molecular formula is C29H35N3O5. The molecule has 2 N–H and O–H groups in total. The molecular weight excluding hydrogens is 470 g/mol. The standard InChI is InChI=1S/C29H35N3O5/c1-17(2)12-24(32-11-10-18(3)13-25(32)33)28(36)31-23(15-26(34)35)21-14-22(29(37-6)30-16-21)27-19(4)8-7-9-20(27)5/h7-11,13-14,16-17,23-24H,12,15H2,1-6H3,(H,31,36)(H,34,35)/t23?,24-/m1/s1. The van der Waals surface area contributed by atoms with Crippen LogP contribution < -0.4 is 15.6 Å². The fourth-order valence-corrected chi connectivity index (χ4v) is 4.57. The summed E-state index contributed by atoms with van der Waals surface area (Å²) in [4.78, 5) is 42.5. The first-order chi connectivity index (χ1) is 17.5. The minimum Gasteiger partial charge on any atom is -0.481 e. The lowest BCUT2D eigenvalue weighted by atomic mass is 9.93. The molecule has 0 aliphatic carbocycles. The SMILES string of the molecule is COc1ncc(C(CC(=O)O)NC(=O)[C@@H](CC(C)C)n2ccc(C)cc2=O)cc1-c1c(C)cccc1C. The number of aryl methyl sites for hydroxylation is 3. The van der Waals surface area contributed by atoms with E-state index in [-0.39, 0.29) is 17.9 Å². The lowest BCUT2D eigenvalue weighted by Crippen LogP contribution is -2.40. The Hall–Kier alpha value is -3.94. The van der Waals surface area contributed by atoms with Crippen LogP contribution in [0.4, 0.5) is 0 Å². The summed E-state index contributed by atoms with van der Waals surface area (Å²) in [6.45, 7) is 9.73. The molecule has 8 nitrogen and oxygen atoms in total. The molecule has 0 saturated carbocycles. The highest BCUT2D eigenvalue weighted by Gasteiger charge is 2.28. The number of hydrogen-bond donors (Lipinski definition) is 2. The number of aromatic nitrogens is 2. The Labute approximate surface area is 217 Å². The second kappa shape index (κ2) is 11.9. The lowest BCUT2D eigenvalue weighted by molar-refractivity contribution is -0.138. The average Bonchev–Trinajstić information content (AvgIpc) is 2.82. The Kier molecular flexibility index (Phi) is 8.86. The van der Waals surface area contributed by atoms with Crippen LogP contribution in [0.3, 0.4) is 0 Å². The quantitative estimate of drug-likeness (QED) is 0.411. The molecule has 0 aliphatic rings. The van der Waals surface area contributed by atoms with Gasteiger partial charge < -0.3 is 19.7 Å². The van der Waals surface area contributed by atoms with E-state index < -0.39 is 24.0 Å². The van der Waals surface area contributed by atoms with Gasteiger partial charge in [0.15, 0.2) is 0 Å². The molecule has 0 bridgehead atoms. The third-order valence-electron chi connectivity index (χ3n) is 6.35. The van der Waals surface area contributed by atoms with Gasteiger partial charge in [-0.1, -0.05) is 32.0 Å². The number of rotatable bonds is 10. The highest BCUT2D eigenvalue weighted by molar-refractivity contribution is 5.82. The number of hydrogen-bond acceptors (Lipinski definition) is 5. The van der Waals surface area contributed by atoms with Gasteiger partial charge in [-0.3, -0.25) is 14.4 Å². The Bertz CT molecular complexity index is 1330. The van der Waals surface area contributed by atoms with Gasteiger partial charge in [0.1, 0.15) is 6.04 Å². The van der Waals surface area contributed by atoms with E-state index in [1.807, 2.05) is 58.9 Å². The van der Waals surface area contributed by atoms with Crippen molar-refractivity contribution in [2.24, 2.45) is 5.92 Å². The number of amides is 1. The number of carbonyl (C=O) groups excluding carboxylic acids is 1. The van der Waals surface area contributed by atoms with Crippen LogP contribution in [0, 0.1) is 26.7 Å². The first kappa shape index (κ1) is 27.6. The predicted molar refractivity (Wildman–Crippen MR) is 143 cm³/mol. The number of carbonyl (C=O) groups is 2. The van der Waals surface area contributed by atoms with E-state index in [1.165, 1.54) is 23.9 Å². The van der Waals surface area contributed by atoms with Crippen LogP contribution in [-0.4, -0.2) is 33.6 Å². The fourth-order valence-electron chi connectivity index (χ4n) is 4.57. The summed E-state index contributed by atoms with van der Waals surface area (Å²) >= 11 is 0. The van der Waals surface area contributed by atoms with Crippen LogP contribution in [-0.2, 0) is 9.59 Å². The van der Waals surface area contributed by atoms with E-state index in [1.54, 1.807) is 12.3 Å². The first-order valence-electron chi connectivity index (χ1n) is 12.3. The molecule has 0 radical (unpaired) electrons. The zero-order valence-corrected chi connectivity index (χ0v) is 22.2. The van der Waals surface area contributed by atoms with Crippen molar-refractivity contribution in [1.29, 1.82) is 0 Å². The zero-order chi connectivity index (χ0) is 27.3. The average molecular weight is 506 g/mol. The molecule has 2 heterocycles. The number of ether oxygens (including phenoxy) is 1. The lowest BCUT2D eigenvalue weighted by Gasteiger charge is -2.25. The zero-order valence-electron chi connectivity index (χ0n) is 22.2. The van der Waals surface area contributed by atoms with Crippen molar-refractivity contribution < 1.29 is 19.4 Å². The molecule has 0 saturated heterocycles. The van der Waals surface area contributed by atoms with Crippen molar-refractivity contribution in [2.45, 2.75) is 59.5 Å². The van der Waals surface area contributed by atoms with Crippen LogP contribution in [0.1, 0.15) is 61.0 Å². The molecule has 196 valence electrons. The molecule has 0 aliphatic heterocycles. The molecule has 0 spiro atoms. The van der Waals surface area contributed by atoms with E-state index >= 15 is 0 Å². The molecule has 1 aromatic carbocycles. The maximum absolute atomic E-state index is 13.6. The number of nitrogens with one attached hydrogen (secondary N) is 1. The van der Waals surface area contributed by atoms with Gasteiger partial charge in [-0.15, -0.1) is 0 Å². The molecule has 1 amide bonds. The number of benzene rings is 1. The van der Waals surface area contributed by atoms with Gasteiger partial charge >= 0.3 is 5.97 Å². The Morgan fingerprint density at radius 3 is 2.35 bits per heavy atom. The molecule has 8 heteroatoms.